The van der Waals surface area contributed by atoms with Crippen molar-refractivity contribution in [2.24, 2.45) is 10.9 Å². The molecule has 0 aromatic rings. The Labute approximate surface area is 171 Å². The lowest BCUT2D eigenvalue weighted by Crippen LogP contribution is -2.38. The lowest BCUT2D eigenvalue weighted by Gasteiger charge is -2.17. The number of hydrogen-bond acceptors (Lipinski definition) is 4. The Kier molecular flexibility index (Phi) is 14.5. The molecule has 1 saturated heterocycles. The van der Waals surface area contributed by atoms with Gasteiger partial charge in [-0.3, -0.25) is 9.89 Å². The van der Waals surface area contributed by atoms with Crippen molar-refractivity contribution in [1.29, 1.82) is 0 Å². The second kappa shape index (κ2) is 14.7. The van der Waals surface area contributed by atoms with E-state index < -0.39 is 12.7 Å². The van der Waals surface area contributed by atoms with E-state index in [1.54, 1.807) is 7.11 Å². The average Bonchev–Trinajstić information content (AvgIpc) is 2.97. The smallest absolute Gasteiger partial charge is 0.382 e. The number of methoxy groups -OCH3 is 1. The highest BCUT2D eigenvalue weighted by molar-refractivity contribution is 14.0. The van der Waals surface area contributed by atoms with E-state index in [2.05, 4.69) is 15.6 Å². The van der Waals surface area contributed by atoms with Gasteiger partial charge in [-0.05, 0) is 32.2 Å². The van der Waals surface area contributed by atoms with Crippen molar-refractivity contribution in [1.82, 2.24) is 15.5 Å². The first-order chi connectivity index (χ1) is 11.9. The van der Waals surface area contributed by atoms with E-state index in [0.717, 1.165) is 25.9 Å². The number of halogens is 4. The number of alkyl halides is 3. The quantitative estimate of drug-likeness (QED) is 0.199. The monoisotopic (exact) mass is 496 g/mol. The summed E-state index contributed by atoms with van der Waals surface area (Å²) in [4.78, 5) is 5.96. The van der Waals surface area contributed by atoms with Crippen LogP contribution in [0, 0.1) is 5.92 Å². The van der Waals surface area contributed by atoms with Crippen LogP contribution in [0.3, 0.4) is 0 Å². The predicted molar refractivity (Wildman–Crippen MR) is 107 cm³/mol. The predicted octanol–water partition coefficient (Wildman–Crippen LogP) is 2.10. The zero-order valence-electron chi connectivity index (χ0n) is 15.6. The van der Waals surface area contributed by atoms with E-state index in [0.29, 0.717) is 45.4 Å². The van der Waals surface area contributed by atoms with Gasteiger partial charge in [0, 0.05) is 39.9 Å². The second-order valence-corrected chi connectivity index (χ2v) is 6.11. The fourth-order valence-corrected chi connectivity index (χ4v) is 2.65. The van der Waals surface area contributed by atoms with E-state index in [-0.39, 0.29) is 29.9 Å². The number of hydrogen-bond donors (Lipinski definition) is 2. The number of guanidine groups is 1. The van der Waals surface area contributed by atoms with Crippen LogP contribution >= 0.6 is 24.0 Å². The Morgan fingerprint density at radius 1 is 1.23 bits per heavy atom. The molecule has 6 nitrogen and oxygen atoms in total. The van der Waals surface area contributed by atoms with E-state index in [1.165, 1.54) is 4.90 Å². The first kappa shape index (κ1) is 25.7. The lowest BCUT2D eigenvalue weighted by molar-refractivity contribution is -0.143. The highest BCUT2D eigenvalue weighted by Crippen LogP contribution is 2.22. The topological polar surface area (TPSA) is 58.1 Å². The molecule has 0 amide bonds. The molecule has 0 bridgehead atoms. The second-order valence-electron chi connectivity index (χ2n) is 6.11. The molecule has 1 unspecified atom stereocenters. The van der Waals surface area contributed by atoms with Crippen molar-refractivity contribution in [3.05, 3.63) is 0 Å². The van der Waals surface area contributed by atoms with Crippen LogP contribution in [0.25, 0.3) is 0 Å². The van der Waals surface area contributed by atoms with Crippen LogP contribution in [-0.4, -0.2) is 83.2 Å². The Morgan fingerprint density at radius 2 is 2.00 bits per heavy atom. The molecule has 1 aliphatic heterocycles. The molecule has 1 atom stereocenters. The SMILES string of the molecule is CCNC(=NCC1CCN(CC(F)(F)F)C1)NCCCOCCOC.I. The first-order valence-electron chi connectivity index (χ1n) is 8.82. The van der Waals surface area contributed by atoms with Crippen molar-refractivity contribution in [3.8, 4) is 0 Å². The summed E-state index contributed by atoms with van der Waals surface area (Å²) in [6, 6.07) is 0. The normalized spacial score (nSPS) is 18.7. The third kappa shape index (κ3) is 12.9. The number of likely N-dealkylation sites (tertiary alicyclic amines) is 1. The molecule has 26 heavy (non-hydrogen) atoms. The molecule has 1 heterocycles. The van der Waals surface area contributed by atoms with Crippen molar-refractivity contribution in [2.75, 3.05) is 66.2 Å². The van der Waals surface area contributed by atoms with Gasteiger partial charge < -0.3 is 20.1 Å². The molecule has 0 spiro atoms. The maximum Gasteiger partial charge on any atom is 0.401 e. The third-order valence-electron chi connectivity index (χ3n) is 3.81. The summed E-state index contributed by atoms with van der Waals surface area (Å²) >= 11 is 0. The molecule has 2 N–H and O–H groups in total. The number of nitrogens with zero attached hydrogens (tertiary/aromatic N) is 2. The zero-order chi connectivity index (χ0) is 18.5. The molecule has 1 rings (SSSR count). The van der Waals surface area contributed by atoms with Crippen LogP contribution in [0.15, 0.2) is 4.99 Å². The molecular weight excluding hydrogens is 464 g/mol. The zero-order valence-corrected chi connectivity index (χ0v) is 17.9. The molecule has 1 fully saturated rings. The summed E-state index contributed by atoms with van der Waals surface area (Å²) in [5, 5.41) is 6.37. The fourth-order valence-electron chi connectivity index (χ4n) is 2.65. The number of nitrogens with one attached hydrogen (secondary N) is 2. The van der Waals surface area contributed by atoms with Gasteiger partial charge in [0.25, 0.3) is 0 Å². The van der Waals surface area contributed by atoms with Crippen LogP contribution < -0.4 is 10.6 Å². The molecule has 1 aliphatic rings. The lowest BCUT2D eigenvalue weighted by atomic mass is 10.1. The van der Waals surface area contributed by atoms with Gasteiger partial charge in [-0.25, -0.2) is 0 Å². The van der Waals surface area contributed by atoms with E-state index in [9.17, 15) is 13.2 Å². The fraction of sp³-hybridized carbons (Fsp3) is 0.938. The summed E-state index contributed by atoms with van der Waals surface area (Å²) in [6.07, 6.45) is -2.52. The van der Waals surface area contributed by atoms with Gasteiger partial charge >= 0.3 is 6.18 Å². The van der Waals surface area contributed by atoms with E-state index >= 15 is 0 Å². The summed E-state index contributed by atoms with van der Waals surface area (Å²) in [6.45, 7) is 5.91. The highest BCUT2D eigenvalue weighted by atomic mass is 127. The number of aliphatic imine (C=N–C) groups is 1. The Morgan fingerprint density at radius 3 is 2.65 bits per heavy atom. The minimum atomic E-state index is -4.13. The van der Waals surface area contributed by atoms with Crippen LogP contribution in [0.4, 0.5) is 13.2 Å². The van der Waals surface area contributed by atoms with Crippen molar-refractivity contribution in [2.45, 2.75) is 25.9 Å². The Bertz CT molecular complexity index is 387. The van der Waals surface area contributed by atoms with Gasteiger partial charge in [-0.15, -0.1) is 24.0 Å². The van der Waals surface area contributed by atoms with Crippen LogP contribution in [0.5, 0.6) is 0 Å². The maximum absolute atomic E-state index is 12.4. The van der Waals surface area contributed by atoms with Gasteiger partial charge in [-0.1, -0.05) is 0 Å². The number of ether oxygens (including phenoxy) is 2. The summed E-state index contributed by atoms with van der Waals surface area (Å²) in [5.74, 6) is 0.879. The van der Waals surface area contributed by atoms with Gasteiger partial charge in [0.2, 0.25) is 0 Å². The molecule has 0 aliphatic carbocycles. The molecule has 0 saturated carbocycles. The molecule has 0 radical (unpaired) electrons. The average molecular weight is 496 g/mol. The van der Waals surface area contributed by atoms with Crippen LogP contribution in [0.2, 0.25) is 0 Å². The van der Waals surface area contributed by atoms with Gasteiger partial charge in [0.1, 0.15) is 0 Å². The summed E-state index contributed by atoms with van der Waals surface area (Å²) in [5.41, 5.74) is 0. The third-order valence-corrected chi connectivity index (χ3v) is 3.81. The van der Waals surface area contributed by atoms with Crippen molar-refractivity contribution >= 4 is 29.9 Å². The minimum Gasteiger partial charge on any atom is -0.382 e. The standard InChI is InChI=1S/C16H31F3N4O2.HI/c1-3-20-15(21-6-4-8-25-10-9-24-2)22-11-14-5-7-23(12-14)13-16(17,18)19;/h14H,3-13H2,1-2H3,(H2,20,21,22);1H. The molecule has 0 aromatic heterocycles. The van der Waals surface area contributed by atoms with E-state index in [1.807, 2.05) is 6.92 Å². The van der Waals surface area contributed by atoms with Gasteiger partial charge in [-0.2, -0.15) is 13.2 Å². The van der Waals surface area contributed by atoms with Gasteiger partial charge in [0.05, 0.1) is 19.8 Å². The number of rotatable bonds is 11. The van der Waals surface area contributed by atoms with Crippen LogP contribution in [0.1, 0.15) is 19.8 Å². The highest BCUT2D eigenvalue weighted by Gasteiger charge is 2.34. The van der Waals surface area contributed by atoms with Crippen LogP contribution in [-0.2, 0) is 9.47 Å². The molecule has 156 valence electrons. The maximum atomic E-state index is 12.4. The van der Waals surface area contributed by atoms with Crippen molar-refractivity contribution < 1.29 is 22.6 Å². The largest absolute Gasteiger partial charge is 0.401 e. The molecule has 0 aromatic carbocycles. The van der Waals surface area contributed by atoms with Gasteiger partial charge in [0.15, 0.2) is 5.96 Å². The summed E-state index contributed by atoms with van der Waals surface area (Å²) < 4.78 is 47.5. The Balaban J connectivity index is 0.00000625. The molecule has 10 heteroatoms. The van der Waals surface area contributed by atoms with Crippen molar-refractivity contribution in [3.63, 3.8) is 0 Å². The molecular formula is C16H32F3IN4O2. The summed E-state index contributed by atoms with van der Waals surface area (Å²) in [7, 11) is 1.64. The first-order valence-corrected chi connectivity index (χ1v) is 8.82. The van der Waals surface area contributed by atoms with E-state index in [4.69, 9.17) is 9.47 Å². The minimum absolute atomic E-state index is 0. The Hall–Kier alpha value is -0.330.